The first-order chi connectivity index (χ1) is 4.75. The van der Waals surface area contributed by atoms with Crippen LogP contribution in [-0.2, 0) is 0 Å². The first kappa shape index (κ1) is 7.20. The third-order valence-electron chi connectivity index (χ3n) is 1.14. The molecule has 0 atom stereocenters. The molecular formula is C4H5BN2O2S. The molecule has 0 amide bonds. The molecule has 0 saturated heterocycles. The van der Waals surface area contributed by atoms with Gasteiger partial charge >= 0.3 is 0 Å². The van der Waals surface area contributed by atoms with Crippen LogP contribution in [0.1, 0.15) is 0 Å². The van der Waals surface area contributed by atoms with Crippen molar-refractivity contribution in [3.05, 3.63) is 16.3 Å². The Morgan fingerprint density at radius 2 is 2.60 bits per heavy atom. The second-order valence-electron chi connectivity index (χ2n) is 1.74. The lowest BCUT2D eigenvalue weighted by molar-refractivity contribution is -0.383. The molecule has 0 N–H and O–H groups in total. The Bertz CT molecular complexity index is 249. The summed E-state index contributed by atoms with van der Waals surface area (Å²) in [6.45, 7) is 1.88. The van der Waals surface area contributed by atoms with Gasteiger partial charge in [0, 0.05) is 0 Å². The molecule has 0 saturated carbocycles. The lowest BCUT2D eigenvalue weighted by Gasteiger charge is -1.85. The van der Waals surface area contributed by atoms with Crippen LogP contribution in [0.5, 0.6) is 0 Å². The standard InChI is InChI=1S/C4H5BN2O2S/c1-5-4-3(7(8)9)2-6-10-4/h2,5H,1H3. The third kappa shape index (κ3) is 1.16. The molecule has 0 unspecified atom stereocenters. The highest BCUT2D eigenvalue weighted by molar-refractivity contribution is 7.17. The second kappa shape index (κ2) is 2.79. The minimum atomic E-state index is -0.400. The fourth-order valence-corrected chi connectivity index (χ4v) is 1.28. The Morgan fingerprint density at radius 1 is 1.90 bits per heavy atom. The van der Waals surface area contributed by atoms with Gasteiger partial charge in [0.1, 0.15) is 6.20 Å². The molecule has 0 aliphatic heterocycles. The maximum Gasteiger partial charge on any atom is 0.293 e. The van der Waals surface area contributed by atoms with Crippen LogP contribution in [0.3, 0.4) is 0 Å². The van der Waals surface area contributed by atoms with Crippen molar-refractivity contribution >= 4 is 29.3 Å². The van der Waals surface area contributed by atoms with Gasteiger partial charge in [-0.25, -0.2) is 0 Å². The predicted octanol–water partition coefficient (Wildman–Crippen LogP) is 0.161. The van der Waals surface area contributed by atoms with E-state index in [1.54, 1.807) is 0 Å². The number of nitro groups is 1. The van der Waals surface area contributed by atoms with Gasteiger partial charge in [0.25, 0.3) is 5.69 Å². The fraction of sp³-hybridized carbons (Fsp3) is 0.250. The first-order valence-corrected chi connectivity index (χ1v) is 3.61. The van der Waals surface area contributed by atoms with Crippen LogP contribution in [0.2, 0.25) is 6.82 Å². The normalized spacial score (nSPS) is 9.30. The van der Waals surface area contributed by atoms with Gasteiger partial charge in [0.05, 0.1) is 9.70 Å². The van der Waals surface area contributed by atoms with Crippen LogP contribution in [0.4, 0.5) is 5.69 Å². The van der Waals surface area contributed by atoms with Crippen LogP contribution < -0.4 is 4.78 Å². The van der Waals surface area contributed by atoms with Gasteiger partial charge in [-0.15, -0.1) is 0 Å². The summed E-state index contributed by atoms with van der Waals surface area (Å²) >= 11 is 1.19. The monoisotopic (exact) mass is 156 g/mol. The zero-order valence-electron chi connectivity index (χ0n) is 5.40. The molecule has 4 nitrogen and oxygen atoms in total. The number of aromatic nitrogens is 1. The van der Waals surface area contributed by atoms with E-state index in [1.165, 1.54) is 17.7 Å². The van der Waals surface area contributed by atoms with E-state index in [2.05, 4.69) is 4.37 Å². The second-order valence-corrected chi connectivity index (χ2v) is 2.63. The van der Waals surface area contributed by atoms with Gasteiger partial charge in [-0.05, 0) is 11.5 Å². The van der Waals surface area contributed by atoms with Gasteiger partial charge < -0.3 is 0 Å². The zero-order valence-corrected chi connectivity index (χ0v) is 6.22. The number of hydrogen-bond acceptors (Lipinski definition) is 4. The van der Waals surface area contributed by atoms with Gasteiger partial charge in [0.2, 0.25) is 0 Å². The first-order valence-electron chi connectivity index (χ1n) is 2.83. The Morgan fingerprint density at radius 3 is 3.00 bits per heavy atom. The molecule has 10 heavy (non-hydrogen) atoms. The summed E-state index contributed by atoms with van der Waals surface area (Å²) < 4.78 is 4.45. The van der Waals surface area contributed by atoms with Crippen molar-refractivity contribution in [1.82, 2.24) is 4.37 Å². The molecule has 0 radical (unpaired) electrons. The van der Waals surface area contributed by atoms with Crippen molar-refractivity contribution in [2.45, 2.75) is 6.82 Å². The minimum absolute atomic E-state index is 0.146. The quantitative estimate of drug-likeness (QED) is 0.348. The predicted molar refractivity (Wildman–Crippen MR) is 41.4 cm³/mol. The highest BCUT2D eigenvalue weighted by Gasteiger charge is 2.13. The van der Waals surface area contributed by atoms with Crippen molar-refractivity contribution in [2.24, 2.45) is 0 Å². The lowest BCUT2D eigenvalue weighted by atomic mass is 9.80. The molecule has 0 fully saturated rings. The highest BCUT2D eigenvalue weighted by atomic mass is 32.1. The van der Waals surface area contributed by atoms with Crippen LogP contribution in [-0.4, -0.2) is 16.6 Å². The summed E-state index contributed by atoms with van der Waals surface area (Å²) in [5.41, 5.74) is 0.146. The fourth-order valence-electron chi connectivity index (χ4n) is 0.653. The summed E-state index contributed by atoms with van der Waals surface area (Å²) in [5.74, 6) is 0. The average molecular weight is 156 g/mol. The molecule has 0 aliphatic rings. The van der Waals surface area contributed by atoms with Crippen LogP contribution >= 0.6 is 11.5 Å². The minimum Gasteiger partial charge on any atom is -0.258 e. The van der Waals surface area contributed by atoms with Gasteiger partial charge in [0.15, 0.2) is 7.28 Å². The lowest BCUT2D eigenvalue weighted by Crippen LogP contribution is -2.09. The maximum atomic E-state index is 10.2. The Kier molecular flexibility index (Phi) is 2.01. The Labute approximate surface area is 62.4 Å². The summed E-state index contributed by atoms with van der Waals surface area (Å²) in [6.07, 6.45) is 1.30. The van der Waals surface area contributed by atoms with Crippen molar-refractivity contribution in [1.29, 1.82) is 0 Å². The van der Waals surface area contributed by atoms with E-state index in [1.807, 2.05) is 6.82 Å². The van der Waals surface area contributed by atoms with E-state index in [-0.39, 0.29) is 5.69 Å². The van der Waals surface area contributed by atoms with E-state index >= 15 is 0 Å². The summed E-state index contributed by atoms with van der Waals surface area (Å²) in [4.78, 5) is 9.81. The van der Waals surface area contributed by atoms with Gasteiger partial charge in [-0.1, -0.05) is 6.82 Å². The average Bonchev–Trinajstić information content (AvgIpc) is 2.33. The Balaban J connectivity index is 3.01. The van der Waals surface area contributed by atoms with E-state index in [9.17, 15) is 10.1 Å². The van der Waals surface area contributed by atoms with Crippen molar-refractivity contribution < 1.29 is 4.92 Å². The van der Waals surface area contributed by atoms with E-state index in [0.29, 0.717) is 7.28 Å². The van der Waals surface area contributed by atoms with Crippen LogP contribution in [0.25, 0.3) is 0 Å². The smallest absolute Gasteiger partial charge is 0.258 e. The molecule has 0 aliphatic carbocycles. The largest absolute Gasteiger partial charge is 0.293 e. The zero-order chi connectivity index (χ0) is 7.56. The molecule has 0 spiro atoms. The van der Waals surface area contributed by atoms with Crippen molar-refractivity contribution in [3.8, 4) is 0 Å². The SMILES string of the molecule is CBc1sncc1[N+](=O)[O-]. The maximum absolute atomic E-state index is 10.2. The van der Waals surface area contributed by atoms with E-state index in [0.717, 1.165) is 4.78 Å². The van der Waals surface area contributed by atoms with E-state index in [4.69, 9.17) is 0 Å². The molecule has 52 valence electrons. The molecule has 1 heterocycles. The molecular weight excluding hydrogens is 151 g/mol. The van der Waals surface area contributed by atoms with Crippen molar-refractivity contribution in [2.75, 3.05) is 0 Å². The molecule has 0 bridgehead atoms. The van der Waals surface area contributed by atoms with E-state index < -0.39 is 4.92 Å². The molecule has 0 aromatic carbocycles. The number of nitrogens with zero attached hydrogens (tertiary/aromatic N) is 2. The van der Waals surface area contributed by atoms with Gasteiger partial charge in [-0.2, -0.15) is 4.37 Å². The summed E-state index contributed by atoms with van der Waals surface area (Å²) in [5, 5.41) is 10.2. The highest BCUT2D eigenvalue weighted by Crippen LogP contribution is 2.07. The van der Waals surface area contributed by atoms with Crippen LogP contribution in [0.15, 0.2) is 6.20 Å². The summed E-state index contributed by atoms with van der Waals surface area (Å²) in [7, 11) is 0.682. The molecule has 6 heteroatoms. The third-order valence-corrected chi connectivity index (χ3v) is 2.07. The number of rotatable bonds is 2. The molecule has 1 aromatic rings. The Hall–Kier alpha value is -0.905. The summed E-state index contributed by atoms with van der Waals surface area (Å²) in [6, 6.07) is 0. The van der Waals surface area contributed by atoms with Crippen LogP contribution in [0, 0.1) is 10.1 Å². The van der Waals surface area contributed by atoms with Crippen molar-refractivity contribution in [3.63, 3.8) is 0 Å². The molecule has 1 rings (SSSR count). The number of hydrogen-bond donors (Lipinski definition) is 0. The topological polar surface area (TPSA) is 56.0 Å². The molecule has 1 aromatic heterocycles. The van der Waals surface area contributed by atoms with Gasteiger partial charge in [-0.3, -0.25) is 10.1 Å².